The minimum atomic E-state index is 0.720. The second-order valence-corrected chi connectivity index (χ2v) is 4.52. The van der Waals surface area contributed by atoms with Crippen molar-refractivity contribution in [2.24, 2.45) is 0 Å². The molecule has 0 saturated carbocycles. The molecule has 0 heterocycles. The number of nitrogens with two attached hydrogens (primary N) is 1. The lowest BCUT2D eigenvalue weighted by Gasteiger charge is -2.11. The number of rotatable bonds is 3. The van der Waals surface area contributed by atoms with E-state index in [4.69, 9.17) is 17.3 Å². The fourth-order valence-electron chi connectivity index (χ4n) is 1.93. The maximum Gasteiger partial charge on any atom is 0.0486 e. The number of nitrogens with one attached hydrogen (secondary N) is 1. The van der Waals surface area contributed by atoms with Gasteiger partial charge in [-0.15, -0.1) is 0 Å². The molecule has 2 aromatic rings. The molecule has 0 aliphatic heterocycles. The van der Waals surface area contributed by atoms with Crippen molar-refractivity contribution in [1.29, 1.82) is 0 Å². The molecular weight excluding hydrogens is 244 g/mol. The monoisotopic (exact) mass is 258 g/mol. The Hall–Kier alpha value is -1.93. The van der Waals surface area contributed by atoms with Crippen LogP contribution >= 0.6 is 11.6 Å². The molecule has 2 aromatic carbocycles. The summed E-state index contributed by atoms with van der Waals surface area (Å²) < 4.78 is 0. The summed E-state index contributed by atoms with van der Waals surface area (Å²) in [5.74, 6) is 0. The Bertz CT molecular complexity index is 591. The minimum Gasteiger partial charge on any atom is -0.399 e. The van der Waals surface area contributed by atoms with Crippen LogP contribution in [0, 0.1) is 6.92 Å². The van der Waals surface area contributed by atoms with Crippen molar-refractivity contribution in [3.05, 3.63) is 59.8 Å². The van der Waals surface area contributed by atoms with Crippen LogP contribution in [0.15, 0.2) is 49.2 Å². The standard InChI is InChI=1S/C15H15ClN2/c1-3-18-12-5-7-15(16)14(9-12)13-6-4-11(17)8-10(13)2/h3-9,18H,1,17H2,2H3. The molecule has 2 nitrogen and oxygen atoms in total. The Morgan fingerprint density at radius 2 is 1.94 bits per heavy atom. The van der Waals surface area contributed by atoms with Crippen molar-refractivity contribution < 1.29 is 0 Å². The van der Waals surface area contributed by atoms with E-state index in [0.29, 0.717) is 0 Å². The Kier molecular flexibility index (Phi) is 3.58. The number of anilines is 2. The van der Waals surface area contributed by atoms with E-state index in [1.165, 1.54) is 0 Å². The summed E-state index contributed by atoms with van der Waals surface area (Å²) in [5, 5.41) is 3.78. The van der Waals surface area contributed by atoms with Crippen LogP contribution in [0.2, 0.25) is 5.02 Å². The zero-order chi connectivity index (χ0) is 13.1. The van der Waals surface area contributed by atoms with Gasteiger partial charge < -0.3 is 11.1 Å². The summed E-state index contributed by atoms with van der Waals surface area (Å²) >= 11 is 6.26. The zero-order valence-corrected chi connectivity index (χ0v) is 11.0. The smallest absolute Gasteiger partial charge is 0.0486 e. The summed E-state index contributed by atoms with van der Waals surface area (Å²) in [4.78, 5) is 0. The Morgan fingerprint density at radius 3 is 2.61 bits per heavy atom. The highest BCUT2D eigenvalue weighted by Gasteiger charge is 2.07. The van der Waals surface area contributed by atoms with Crippen LogP contribution in [0.1, 0.15) is 5.56 Å². The van der Waals surface area contributed by atoms with Gasteiger partial charge in [0.2, 0.25) is 0 Å². The van der Waals surface area contributed by atoms with E-state index in [1.807, 2.05) is 43.3 Å². The van der Waals surface area contributed by atoms with Crippen LogP contribution in [0.5, 0.6) is 0 Å². The topological polar surface area (TPSA) is 38.0 Å². The molecule has 0 aliphatic rings. The molecule has 92 valence electrons. The molecule has 3 heteroatoms. The van der Waals surface area contributed by atoms with Gasteiger partial charge in [0.15, 0.2) is 0 Å². The fraction of sp³-hybridized carbons (Fsp3) is 0.0667. The van der Waals surface area contributed by atoms with Gasteiger partial charge in [-0.05, 0) is 54.6 Å². The third kappa shape index (κ3) is 2.49. The van der Waals surface area contributed by atoms with Gasteiger partial charge >= 0.3 is 0 Å². The molecule has 2 rings (SSSR count). The molecule has 0 atom stereocenters. The van der Waals surface area contributed by atoms with Gasteiger partial charge in [0.1, 0.15) is 0 Å². The maximum absolute atomic E-state index is 6.26. The highest BCUT2D eigenvalue weighted by atomic mass is 35.5. The Labute approximate surface area is 112 Å². The van der Waals surface area contributed by atoms with Gasteiger partial charge in [-0.2, -0.15) is 0 Å². The number of hydrogen-bond donors (Lipinski definition) is 2. The summed E-state index contributed by atoms with van der Waals surface area (Å²) in [5.41, 5.74) is 10.7. The fourth-order valence-corrected chi connectivity index (χ4v) is 2.15. The molecular formula is C15H15ClN2. The van der Waals surface area contributed by atoms with Crippen LogP contribution in [-0.2, 0) is 0 Å². The van der Waals surface area contributed by atoms with E-state index in [1.54, 1.807) is 6.20 Å². The lowest BCUT2D eigenvalue weighted by atomic mass is 9.99. The molecule has 0 radical (unpaired) electrons. The molecule has 0 bridgehead atoms. The van der Waals surface area contributed by atoms with Crippen LogP contribution in [0.4, 0.5) is 11.4 Å². The SMILES string of the molecule is C=CNc1ccc(Cl)c(-c2ccc(N)cc2C)c1. The molecule has 18 heavy (non-hydrogen) atoms. The zero-order valence-electron chi connectivity index (χ0n) is 10.2. The Morgan fingerprint density at radius 1 is 1.17 bits per heavy atom. The number of benzene rings is 2. The highest BCUT2D eigenvalue weighted by molar-refractivity contribution is 6.33. The number of halogens is 1. The minimum absolute atomic E-state index is 0.720. The van der Waals surface area contributed by atoms with E-state index < -0.39 is 0 Å². The average Bonchev–Trinajstić information content (AvgIpc) is 2.33. The third-order valence-electron chi connectivity index (χ3n) is 2.78. The van der Waals surface area contributed by atoms with E-state index in [-0.39, 0.29) is 0 Å². The van der Waals surface area contributed by atoms with Crippen molar-refractivity contribution in [3.8, 4) is 11.1 Å². The first kappa shape index (κ1) is 12.5. The van der Waals surface area contributed by atoms with Crippen molar-refractivity contribution in [1.82, 2.24) is 0 Å². The predicted molar refractivity (Wildman–Crippen MR) is 79.9 cm³/mol. The lowest BCUT2D eigenvalue weighted by molar-refractivity contribution is 1.45. The molecule has 0 unspecified atom stereocenters. The molecule has 3 N–H and O–H groups in total. The van der Waals surface area contributed by atoms with Crippen LogP contribution < -0.4 is 11.1 Å². The van der Waals surface area contributed by atoms with Crippen molar-refractivity contribution in [3.63, 3.8) is 0 Å². The molecule has 0 amide bonds. The number of aryl methyl sites for hydroxylation is 1. The van der Waals surface area contributed by atoms with Gasteiger partial charge in [0.25, 0.3) is 0 Å². The first-order chi connectivity index (χ1) is 8.61. The van der Waals surface area contributed by atoms with Crippen LogP contribution in [0.3, 0.4) is 0 Å². The Balaban J connectivity index is 2.55. The molecule has 0 fully saturated rings. The van der Waals surface area contributed by atoms with E-state index in [2.05, 4.69) is 11.9 Å². The largest absolute Gasteiger partial charge is 0.399 e. The summed E-state index contributed by atoms with van der Waals surface area (Å²) in [7, 11) is 0. The summed E-state index contributed by atoms with van der Waals surface area (Å²) in [6.07, 6.45) is 1.64. The third-order valence-corrected chi connectivity index (χ3v) is 3.11. The van der Waals surface area contributed by atoms with Crippen molar-refractivity contribution >= 4 is 23.0 Å². The van der Waals surface area contributed by atoms with Gasteiger partial charge in [-0.3, -0.25) is 0 Å². The maximum atomic E-state index is 6.26. The lowest BCUT2D eigenvalue weighted by Crippen LogP contribution is -1.91. The normalized spacial score (nSPS) is 10.1. The van der Waals surface area contributed by atoms with Gasteiger partial charge in [0.05, 0.1) is 0 Å². The molecule has 0 aliphatic carbocycles. The quantitative estimate of drug-likeness (QED) is 0.798. The first-order valence-corrected chi connectivity index (χ1v) is 6.03. The van der Waals surface area contributed by atoms with E-state index in [9.17, 15) is 0 Å². The number of nitrogen functional groups attached to an aromatic ring is 1. The van der Waals surface area contributed by atoms with Crippen LogP contribution in [0.25, 0.3) is 11.1 Å². The molecule has 0 saturated heterocycles. The first-order valence-electron chi connectivity index (χ1n) is 5.65. The molecule has 0 aromatic heterocycles. The van der Waals surface area contributed by atoms with Crippen LogP contribution in [-0.4, -0.2) is 0 Å². The van der Waals surface area contributed by atoms with E-state index in [0.717, 1.165) is 33.1 Å². The predicted octanol–water partition coefficient (Wildman–Crippen LogP) is 4.45. The van der Waals surface area contributed by atoms with E-state index >= 15 is 0 Å². The highest BCUT2D eigenvalue weighted by Crippen LogP contribution is 2.33. The number of hydrogen-bond acceptors (Lipinski definition) is 2. The average molecular weight is 259 g/mol. The van der Waals surface area contributed by atoms with Gasteiger partial charge in [0, 0.05) is 22.0 Å². The second kappa shape index (κ2) is 5.15. The summed E-state index contributed by atoms with van der Waals surface area (Å²) in [6.45, 7) is 5.67. The van der Waals surface area contributed by atoms with Crippen molar-refractivity contribution in [2.75, 3.05) is 11.1 Å². The summed E-state index contributed by atoms with van der Waals surface area (Å²) in [6, 6.07) is 11.6. The molecule has 0 spiro atoms. The second-order valence-electron chi connectivity index (χ2n) is 4.12. The van der Waals surface area contributed by atoms with Crippen molar-refractivity contribution in [2.45, 2.75) is 6.92 Å². The van der Waals surface area contributed by atoms with Gasteiger partial charge in [-0.25, -0.2) is 0 Å². The van der Waals surface area contributed by atoms with Gasteiger partial charge in [-0.1, -0.05) is 24.2 Å².